The van der Waals surface area contributed by atoms with E-state index in [1.807, 2.05) is 12.1 Å². The Kier molecular flexibility index (Phi) is 5.16. The zero-order valence-electron chi connectivity index (χ0n) is 15.1. The molecule has 7 heteroatoms. The highest BCUT2D eigenvalue weighted by atomic mass is 19.1. The van der Waals surface area contributed by atoms with Crippen LogP contribution >= 0.6 is 0 Å². The number of fused-ring (bicyclic) bond motifs is 1. The second-order valence-corrected chi connectivity index (χ2v) is 7.19. The number of hydrogen-bond acceptors (Lipinski definition) is 6. The highest BCUT2D eigenvalue weighted by Crippen LogP contribution is 2.27. The third-order valence-corrected chi connectivity index (χ3v) is 5.34. The summed E-state index contributed by atoms with van der Waals surface area (Å²) in [6, 6.07) is 9.93. The van der Waals surface area contributed by atoms with Crippen LogP contribution in [0.2, 0.25) is 0 Å². The Morgan fingerprint density at radius 3 is 2.85 bits per heavy atom. The highest BCUT2D eigenvalue weighted by Gasteiger charge is 2.33. The smallest absolute Gasteiger partial charge is 0.225 e. The summed E-state index contributed by atoms with van der Waals surface area (Å²) in [5.41, 5.74) is 0.621. The van der Waals surface area contributed by atoms with Crippen molar-refractivity contribution in [2.45, 2.75) is 18.9 Å². The third kappa shape index (κ3) is 4.17. The van der Waals surface area contributed by atoms with Crippen LogP contribution in [0, 0.1) is 23.1 Å². The Labute approximate surface area is 158 Å². The van der Waals surface area contributed by atoms with Gasteiger partial charge >= 0.3 is 0 Å². The van der Waals surface area contributed by atoms with Crippen molar-refractivity contribution >= 4 is 5.95 Å². The fourth-order valence-corrected chi connectivity index (χ4v) is 3.91. The Bertz CT molecular complexity index is 822. The van der Waals surface area contributed by atoms with Crippen LogP contribution < -0.4 is 9.64 Å². The van der Waals surface area contributed by atoms with Gasteiger partial charge in [0, 0.05) is 38.1 Å². The highest BCUT2D eigenvalue weighted by molar-refractivity contribution is 5.36. The molecule has 1 aromatic heterocycles. The number of rotatable bonds is 4. The molecular weight excluding hydrogens is 345 g/mol. The number of ether oxygens (including phenoxy) is 1. The van der Waals surface area contributed by atoms with E-state index in [4.69, 9.17) is 10.00 Å². The average Bonchev–Trinajstić information content (AvgIpc) is 2.72. The normalized spacial score (nSPS) is 22.7. The number of nitriles is 1. The average molecular weight is 367 g/mol. The number of piperidine rings is 1. The molecule has 140 valence electrons. The van der Waals surface area contributed by atoms with Gasteiger partial charge in [-0.1, -0.05) is 6.07 Å². The molecule has 0 aliphatic carbocycles. The number of anilines is 1. The maximum absolute atomic E-state index is 13.0. The minimum absolute atomic E-state index is 0.404. The summed E-state index contributed by atoms with van der Waals surface area (Å²) >= 11 is 0. The van der Waals surface area contributed by atoms with Crippen LogP contribution in [-0.4, -0.2) is 53.7 Å². The zero-order chi connectivity index (χ0) is 18.6. The van der Waals surface area contributed by atoms with E-state index in [0.29, 0.717) is 30.1 Å². The molecular formula is C20H22FN5O. The molecule has 2 atom stereocenters. The van der Waals surface area contributed by atoms with Crippen molar-refractivity contribution in [1.29, 1.82) is 5.26 Å². The lowest BCUT2D eigenvalue weighted by Gasteiger charge is -2.46. The van der Waals surface area contributed by atoms with Gasteiger partial charge < -0.3 is 9.64 Å². The molecule has 2 saturated heterocycles. The van der Waals surface area contributed by atoms with E-state index < -0.39 is 5.82 Å². The molecule has 0 radical (unpaired) electrons. The molecule has 6 nitrogen and oxygen atoms in total. The van der Waals surface area contributed by atoms with Gasteiger partial charge in [-0.2, -0.15) is 5.26 Å². The maximum Gasteiger partial charge on any atom is 0.225 e. The van der Waals surface area contributed by atoms with Crippen molar-refractivity contribution in [2.75, 3.05) is 37.7 Å². The molecule has 2 aliphatic heterocycles. The summed E-state index contributed by atoms with van der Waals surface area (Å²) in [4.78, 5) is 12.9. The maximum atomic E-state index is 13.0. The molecule has 0 amide bonds. The summed E-state index contributed by atoms with van der Waals surface area (Å²) < 4.78 is 18.9. The minimum Gasteiger partial charge on any atom is -0.493 e. The third-order valence-electron chi connectivity index (χ3n) is 5.34. The van der Waals surface area contributed by atoms with E-state index in [-0.39, 0.29) is 0 Å². The molecule has 2 aliphatic rings. The Balaban J connectivity index is 1.30. The van der Waals surface area contributed by atoms with Crippen molar-refractivity contribution in [3.63, 3.8) is 0 Å². The Hall–Kier alpha value is -2.72. The fourth-order valence-electron chi connectivity index (χ4n) is 3.91. The number of nitrogens with zero attached hydrogens (tertiary/aromatic N) is 5. The van der Waals surface area contributed by atoms with Crippen molar-refractivity contribution in [3.8, 4) is 11.8 Å². The number of benzene rings is 1. The van der Waals surface area contributed by atoms with Crippen LogP contribution in [0.1, 0.15) is 18.4 Å². The Morgan fingerprint density at radius 1 is 1.19 bits per heavy atom. The van der Waals surface area contributed by atoms with Crippen LogP contribution in [0.15, 0.2) is 36.7 Å². The first-order valence-corrected chi connectivity index (χ1v) is 9.31. The lowest BCUT2D eigenvalue weighted by molar-refractivity contribution is 0.0725. The lowest BCUT2D eigenvalue weighted by atomic mass is 9.91. The SMILES string of the molecule is N#Cc1cccc(OC[C@@H]2CC[C@H]3CN(c4ncc(F)cn4)CCN3C2)c1. The topological polar surface area (TPSA) is 65.3 Å². The number of halogens is 1. The molecule has 0 bridgehead atoms. The van der Waals surface area contributed by atoms with Gasteiger partial charge in [0.25, 0.3) is 0 Å². The van der Waals surface area contributed by atoms with Crippen LogP contribution in [0.3, 0.4) is 0 Å². The lowest BCUT2D eigenvalue weighted by Crippen LogP contribution is -2.57. The Morgan fingerprint density at radius 2 is 2.04 bits per heavy atom. The molecule has 0 spiro atoms. The van der Waals surface area contributed by atoms with Crippen molar-refractivity contribution < 1.29 is 9.13 Å². The van der Waals surface area contributed by atoms with Gasteiger partial charge in [0.1, 0.15) is 5.75 Å². The van der Waals surface area contributed by atoms with E-state index in [2.05, 4.69) is 25.8 Å². The van der Waals surface area contributed by atoms with Gasteiger partial charge in [0.05, 0.1) is 30.6 Å². The molecule has 4 rings (SSSR count). The van der Waals surface area contributed by atoms with E-state index in [1.165, 1.54) is 12.4 Å². The van der Waals surface area contributed by atoms with Crippen molar-refractivity contribution in [2.24, 2.45) is 5.92 Å². The predicted molar refractivity (Wildman–Crippen MR) is 98.9 cm³/mol. The van der Waals surface area contributed by atoms with Gasteiger partial charge in [-0.05, 0) is 31.0 Å². The van der Waals surface area contributed by atoms with Gasteiger partial charge in [0.2, 0.25) is 5.95 Å². The molecule has 3 heterocycles. The standard InChI is InChI=1S/C20H22FN5O/c21-17-10-23-20(24-11-17)26-7-6-25-12-16(4-5-18(25)13-26)14-27-19-3-1-2-15(8-19)9-22/h1-3,8,10-11,16,18H,4-7,12-14H2/t16-,18+/m1/s1. The summed E-state index contributed by atoms with van der Waals surface area (Å²) in [6.45, 7) is 4.36. The molecule has 0 unspecified atom stereocenters. The summed E-state index contributed by atoms with van der Waals surface area (Å²) in [7, 11) is 0. The first kappa shape index (κ1) is 17.7. The molecule has 2 fully saturated rings. The second kappa shape index (κ2) is 7.89. The van der Waals surface area contributed by atoms with Crippen molar-refractivity contribution in [1.82, 2.24) is 14.9 Å². The predicted octanol–water partition coefficient (Wildman–Crippen LogP) is 2.47. The number of aromatic nitrogens is 2. The van der Waals surface area contributed by atoms with Gasteiger partial charge in [0.15, 0.2) is 5.82 Å². The first-order valence-electron chi connectivity index (χ1n) is 9.31. The quantitative estimate of drug-likeness (QED) is 0.827. The van der Waals surface area contributed by atoms with Crippen LogP contribution in [-0.2, 0) is 0 Å². The summed E-state index contributed by atoms with van der Waals surface area (Å²) in [6.07, 6.45) is 4.66. The number of hydrogen-bond donors (Lipinski definition) is 0. The van der Waals surface area contributed by atoms with Crippen molar-refractivity contribution in [3.05, 3.63) is 48.0 Å². The van der Waals surface area contributed by atoms with E-state index in [1.54, 1.807) is 12.1 Å². The largest absolute Gasteiger partial charge is 0.493 e. The van der Waals surface area contributed by atoms with Crippen LogP contribution in [0.4, 0.5) is 10.3 Å². The monoisotopic (exact) mass is 367 g/mol. The summed E-state index contributed by atoms with van der Waals surface area (Å²) in [5.74, 6) is 1.45. The van der Waals surface area contributed by atoms with Gasteiger partial charge in [-0.3, -0.25) is 4.90 Å². The van der Waals surface area contributed by atoms with Gasteiger partial charge in [-0.15, -0.1) is 0 Å². The summed E-state index contributed by atoms with van der Waals surface area (Å²) in [5, 5.41) is 8.98. The fraction of sp³-hybridized carbons (Fsp3) is 0.450. The number of piperazine rings is 1. The minimum atomic E-state index is -0.404. The van der Waals surface area contributed by atoms with E-state index >= 15 is 0 Å². The molecule has 2 aromatic rings. The van der Waals surface area contributed by atoms with Crippen LogP contribution in [0.25, 0.3) is 0 Å². The molecule has 0 N–H and O–H groups in total. The van der Waals surface area contributed by atoms with E-state index in [0.717, 1.165) is 44.8 Å². The molecule has 0 saturated carbocycles. The first-order chi connectivity index (χ1) is 13.2. The van der Waals surface area contributed by atoms with Crippen LogP contribution in [0.5, 0.6) is 5.75 Å². The molecule has 1 aromatic carbocycles. The molecule has 27 heavy (non-hydrogen) atoms. The van der Waals surface area contributed by atoms with Gasteiger partial charge in [-0.25, -0.2) is 14.4 Å². The van der Waals surface area contributed by atoms with E-state index in [9.17, 15) is 4.39 Å². The zero-order valence-corrected chi connectivity index (χ0v) is 15.1. The second-order valence-electron chi connectivity index (χ2n) is 7.19.